The van der Waals surface area contributed by atoms with E-state index in [-0.39, 0.29) is 0 Å². The second-order valence-corrected chi connectivity index (χ2v) is 37.3. The Kier molecular flexibility index (Phi) is 17.8. The monoisotopic (exact) mass is 1730 g/mol. The number of furan rings is 2. The van der Waals surface area contributed by atoms with Crippen LogP contribution in [0.4, 0.5) is 34.1 Å². The Morgan fingerprint density at radius 3 is 0.838 bits per heavy atom. The van der Waals surface area contributed by atoms with Gasteiger partial charge in [-0.3, -0.25) is 0 Å². The molecule has 4 nitrogen and oxygen atoms in total. The van der Waals surface area contributed by atoms with Gasteiger partial charge in [0.05, 0.1) is 22.2 Å². The molecule has 136 heavy (non-hydrogen) atoms. The summed E-state index contributed by atoms with van der Waals surface area (Å²) >= 11 is 0. The van der Waals surface area contributed by atoms with Crippen LogP contribution in [0.25, 0.3) is 133 Å². The molecule has 0 spiro atoms. The topological polar surface area (TPSA) is 32.8 Å². The molecule has 0 saturated heterocycles. The van der Waals surface area contributed by atoms with Crippen LogP contribution in [-0.2, 0) is 21.7 Å². The van der Waals surface area contributed by atoms with Gasteiger partial charge in [-0.25, -0.2) is 0 Å². The average Bonchev–Trinajstić information content (AvgIpc) is 1.53. The van der Waals surface area contributed by atoms with Crippen molar-refractivity contribution in [2.75, 3.05) is 9.80 Å². The summed E-state index contributed by atoms with van der Waals surface area (Å²) in [6.45, 7) is 4.81. The van der Waals surface area contributed by atoms with Crippen molar-refractivity contribution in [2.24, 2.45) is 0 Å². The minimum Gasteiger partial charge on any atom is -0.454 e. The van der Waals surface area contributed by atoms with Crippen LogP contribution in [0.1, 0.15) is 91.7 Å². The zero-order valence-corrected chi connectivity index (χ0v) is 75.1. The first kappa shape index (κ1) is 78.6. The molecule has 4 aliphatic rings. The minimum absolute atomic E-state index is 0.497. The van der Waals surface area contributed by atoms with E-state index in [2.05, 4.69) is 521 Å². The van der Waals surface area contributed by atoms with Gasteiger partial charge in [-0.1, -0.05) is 425 Å². The molecule has 0 saturated carbocycles. The summed E-state index contributed by atoms with van der Waals surface area (Å²) in [6.07, 6.45) is 0. The van der Waals surface area contributed by atoms with Crippen LogP contribution in [-0.4, -0.2) is 0 Å². The molecular weight excluding hydrogens is 1650 g/mol. The number of para-hydroxylation sites is 4. The van der Waals surface area contributed by atoms with Gasteiger partial charge in [-0.2, -0.15) is 0 Å². The molecule has 0 bridgehead atoms. The molecular formula is C132H88N2O2. The molecule has 2 atom stereocenters. The van der Waals surface area contributed by atoms with E-state index in [9.17, 15) is 0 Å². The average molecular weight is 1730 g/mol. The molecule has 2 aromatic heterocycles. The van der Waals surface area contributed by atoms with Gasteiger partial charge < -0.3 is 18.6 Å². The number of rotatable bonds is 16. The van der Waals surface area contributed by atoms with E-state index in [0.717, 1.165) is 117 Å². The van der Waals surface area contributed by atoms with E-state index < -0.39 is 21.7 Å². The lowest BCUT2D eigenvalue weighted by Crippen LogP contribution is -2.29. The Morgan fingerprint density at radius 1 is 0.162 bits per heavy atom. The van der Waals surface area contributed by atoms with Crippen LogP contribution in [0.2, 0.25) is 0 Å². The predicted molar refractivity (Wildman–Crippen MR) is 562 cm³/mol. The van der Waals surface area contributed by atoms with Crippen molar-refractivity contribution in [3.8, 4) is 89.0 Å². The molecule has 0 N–H and O–H groups in total. The third-order valence-corrected chi connectivity index (χ3v) is 30.6. The second-order valence-electron chi connectivity index (χ2n) is 37.3. The van der Waals surface area contributed by atoms with Gasteiger partial charge in [0, 0.05) is 66.3 Å². The second kappa shape index (κ2) is 30.7. The zero-order valence-electron chi connectivity index (χ0n) is 75.1. The van der Waals surface area contributed by atoms with E-state index in [4.69, 9.17) is 8.83 Å². The van der Waals surface area contributed by atoms with E-state index in [1.807, 2.05) is 0 Å². The summed E-state index contributed by atoms with van der Waals surface area (Å²) in [6, 6.07) is 185. The number of hydrogen-bond donors (Lipinski definition) is 0. The van der Waals surface area contributed by atoms with Crippen LogP contribution in [0.5, 0.6) is 0 Å². The fraction of sp³-hybridized carbons (Fsp3) is 0.0455. The number of fused-ring (bicyclic) bond motifs is 18. The van der Waals surface area contributed by atoms with Crippen molar-refractivity contribution in [3.63, 3.8) is 0 Å². The van der Waals surface area contributed by atoms with Gasteiger partial charge in [0.25, 0.3) is 0 Å². The molecule has 2 unspecified atom stereocenters. The van der Waals surface area contributed by atoms with Crippen LogP contribution in [0.15, 0.2) is 506 Å². The lowest BCUT2D eigenvalue weighted by Gasteiger charge is -2.35. The van der Waals surface area contributed by atoms with Crippen molar-refractivity contribution in [1.29, 1.82) is 0 Å². The third-order valence-electron chi connectivity index (χ3n) is 30.6. The van der Waals surface area contributed by atoms with Gasteiger partial charge in [0.15, 0.2) is 11.2 Å². The first-order valence-electron chi connectivity index (χ1n) is 47.3. The fourth-order valence-corrected chi connectivity index (χ4v) is 24.4. The molecule has 0 amide bonds. The van der Waals surface area contributed by atoms with Gasteiger partial charge in [-0.05, 0) is 242 Å². The van der Waals surface area contributed by atoms with Crippen LogP contribution < -0.4 is 9.80 Å². The van der Waals surface area contributed by atoms with Crippen molar-refractivity contribution in [3.05, 3.63) is 575 Å². The molecule has 0 radical (unpaired) electrons. The third kappa shape index (κ3) is 11.5. The highest BCUT2D eigenvalue weighted by Gasteiger charge is 2.50. The molecule has 23 aromatic rings. The molecule has 4 aliphatic carbocycles. The quantitative estimate of drug-likeness (QED) is 0.0965. The van der Waals surface area contributed by atoms with Crippen molar-refractivity contribution in [1.82, 2.24) is 0 Å². The molecule has 0 fully saturated rings. The largest absolute Gasteiger partial charge is 0.454 e. The molecule has 2 heterocycles. The molecule has 4 heteroatoms. The van der Waals surface area contributed by atoms with Crippen molar-refractivity contribution >= 4 is 78.0 Å². The summed E-state index contributed by atoms with van der Waals surface area (Å²) in [4.78, 5) is 4.88. The standard InChI is InChI=1S/C132H88N2O2/c1-129(113-54-23-18-45-101(113)102-46-19-24-55-114(102)129)119-59-29-50-108-110-52-31-62-124(127(110)135-125(108)119)134(98-74-69-90(70-75-98)88-65-63-87(64-66-88)85-33-8-3-9-34-85)100-77-79-107-104-48-22-27-58-118(104)132(122(107)84-100,95-42-16-7-17-43-95)96-44-28-37-91(81-96)92-71-80-116-112(82-92)105-49-20-25-56-115(105)130(116,2)120-60-30-51-109-111-53-32-61-123(128(111)136-126(109)120)133(97-72-67-89(68-73-97)86-35-10-4-11-36-86)99-76-78-106-103-47-21-26-57-117(103)131(121(106)83-99,93-38-12-5-13-39-93)94-40-14-6-15-41-94/h3-84H,1-2H3. The summed E-state index contributed by atoms with van der Waals surface area (Å²) < 4.78 is 15.5. The van der Waals surface area contributed by atoms with E-state index in [0.29, 0.717) is 0 Å². The fourth-order valence-electron chi connectivity index (χ4n) is 24.4. The minimum atomic E-state index is -0.800. The molecule has 638 valence electrons. The Morgan fingerprint density at radius 2 is 0.426 bits per heavy atom. The first-order valence-corrected chi connectivity index (χ1v) is 47.3. The van der Waals surface area contributed by atoms with E-state index >= 15 is 0 Å². The number of benzene rings is 21. The summed E-state index contributed by atoms with van der Waals surface area (Å²) in [5, 5.41) is 4.24. The molecule has 0 aliphatic heterocycles. The Labute approximate surface area is 790 Å². The summed E-state index contributed by atoms with van der Waals surface area (Å²) in [5.74, 6) is 0. The highest BCUT2D eigenvalue weighted by atomic mass is 16.3. The zero-order chi connectivity index (χ0) is 90.0. The normalized spacial score (nSPS) is 15.3. The summed E-state index contributed by atoms with van der Waals surface area (Å²) in [5.41, 5.74) is 42.7. The SMILES string of the molecule is CC1(c2cccc3c2oc2c(N(c4ccc(-c5ccc(-c6ccccc6)cc5)cc4)c4ccc5c(c4)C(c4ccccc4)(c4cccc(-c6ccc7c(c6)-c6ccccc6C7(C)c6cccc7c6oc6c(N(c8ccc(-c9ccccc9)cc8)c8ccc9c(c8)C(c8ccccc8)(c8ccccc8)c8ccccc8-9)cccc67)c4)c4ccccc4-5)cccc23)c2ccccc2-c2ccccc21. The highest BCUT2D eigenvalue weighted by molar-refractivity contribution is 6.14. The van der Waals surface area contributed by atoms with Gasteiger partial charge in [-0.15, -0.1) is 0 Å². The van der Waals surface area contributed by atoms with Crippen LogP contribution in [0.3, 0.4) is 0 Å². The highest BCUT2D eigenvalue weighted by Crippen LogP contribution is 2.63. The van der Waals surface area contributed by atoms with Gasteiger partial charge >= 0.3 is 0 Å². The van der Waals surface area contributed by atoms with E-state index in [1.165, 1.54) is 128 Å². The Hall–Kier alpha value is -17.2. The predicted octanol–water partition coefficient (Wildman–Crippen LogP) is 34.5. The van der Waals surface area contributed by atoms with E-state index in [1.54, 1.807) is 0 Å². The Balaban J connectivity index is 0.598. The number of hydrogen-bond acceptors (Lipinski definition) is 4. The molecule has 27 rings (SSSR count). The lowest BCUT2D eigenvalue weighted by molar-refractivity contribution is 0.637. The molecule has 21 aromatic carbocycles. The number of anilines is 6. The van der Waals surface area contributed by atoms with Crippen molar-refractivity contribution < 1.29 is 8.83 Å². The van der Waals surface area contributed by atoms with Crippen LogP contribution in [0, 0.1) is 0 Å². The van der Waals surface area contributed by atoms with Gasteiger partial charge in [0.2, 0.25) is 0 Å². The Bertz CT molecular complexity index is 8650. The summed E-state index contributed by atoms with van der Waals surface area (Å²) in [7, 11) is 0. The maximum absolute atomic E-state index is 7.83. The first-order chi connectivity index (χ1) is 67.2. The number of nitrogens with zero attached hydrogens (tertiary/aromatic N) is 2. The maximum Gasteiger partial charge on any atom is 0.159 e. The van der Waals surface area contributed by atoms with Crippen molar-refractivity contribution in [2.45, 2.75) is 35.5 Å². The van der Waals surface area contributed by atoms with Gasteiger partial charge in [0.1, 0.15) is 11.2 Å². The lowest BCUT2D eigenvalue weighted by atomic mass is 9.67. The maximum atomic E-state index is 7.83. The smallest absolute Gasteiger partial charge is 0.159 e. The van der Waals surface area contributed by atoms with Crippen LogP contribution >= 0.6 is 0 Å².